The van der Waals surface area contributed by atoms with Gasteiger partial charge in [-0.2, -0.15) is 0 Å². The van der Waals surface area contributed by atoms with Crippen molar-refractivity contribution in [2.24, 2.45) is 0 Å². The van der Waals surface area contributed by atoms with Gasteiger partial charge in [-0.15, -0.1) is 0 Å². The molecule has 1 saturated heterocycles. The van der Waals surface area contributed by atoms with Crippen LogP contribution in [0.15, 0.2) is 66.9 Å². The largest absolute Gasteiger partial charge is 0.508 e. The first-order valence-corrected chi connectivity index (χ1v) is 14.3. The number of carbonyl (C=O) groups excluding carboxylic acids is 2. The van der Waals surface area contributed by atoms with E-state index < -0.39 is 0 Å². The summed E-state index contributed by atoms with van der Waals surface area (Å²) in [6, 6.07) is 18.5. The Morgan fingerprint density at radius 3 is 2.43 bits per heavy atom. The second-order valence-corrected chi connectivity index (χ2v) is 11.3. The van der Waals surface area contributed by atoms with Gasteiger partial charge in [-0.1, -0.05) is 44.2 Å². The molecule has 6 rings (SSSR count). The van der Waals surface area contributed by atoms with Crippen LogP contribution in [0.25, 0.3) is 10.9 Å². The number of carbonyl (C=O) groups is 2. The SMILES string of the molecule is CC(C)c1cc(C(=O)N2Cc3ccc(CN4CCN(C(=O)Oc5ccnc6ccccc56)CC4)cc3C2)c(O)cc1O. The van der Waals surface area contributed by atoms with Crippen molar-refractivity contribution < 1.29 is 24.5 Å². The van der Waals surface area contributed by atoms with Crippen LogP contribution in [0, 0.1) is 0 Å². The van der Waals surface area contributed by atoms with Crippen LogP contribution in [0.4, 0.5) is 4.79 Å². The predicted octanol–water partition coefficient (Wildman–Crippen LogP) is 5.24. The summed E-state index contributed by atoms with van der Waals surface area (Å²) < 4.78 is 5.73. The Hall–Kier alpha value is -4.63. The maximum atomic E-state index is 13.3. The first-order valence-electron chi connectivity index (χ1n) is 14.3. The Labute approximate surface area is 244 Å². The van der Waals surface area contributed by atoms with Crippen molar-refractivity contribution in [3.8, 4) is 17.2 Å². The highest BCUT2D eigenvalue weighted by Crippen LogP contribution is 2.34. The molecule has 2 aliphatic heterocycles. The molecule has 0 atom stereocenters. The zero-order chi connectivity index (χ0) is 29.4. The standard InChI is InChI=1S/C33H34N4O5/c1-21(2)26-16-27(30(39)17-29(26)38)32(40)37-19-23-8-7-22(15-24(23)20-37)18-35-11-13-36(14-12-35)33(41)42-31-9-10-34-28-6-4-3-5-25(28)31/h3-10,15-17,21,38-39H,11-14,18-20H2,1-2H3. The third kappa shape index (κ3) is 5.47. The molecule has 216 valence electrons. The molecule has 9 heteroatoms. The van der Waals surface area contributed by atoms with Gasteiger partial charge in [0.05, 0.1) is 11.1 Å². The Balaban J connectivity index is 1.05. The van der Waals surface area contributed by atoms with Gasteiger partial charge in [0.25, 0.3) is 5.91 Å². The lowest BCUT2D eigenvalue weighted by molar-refractivity contribution is 0.0748. The highest BCUT2D eigenvalue weighted by Gasteiger charge is 2.28. The van der Waals surface area contributed by atoms with Gasteiger partial charge < -0.3 is 24.7 Å². The van der Waals surface area contributed by atoms with Gasteiger partial charge >= 0.3 is 6.09 Å². The van der Waals surface area contributed by atoms with Gasteiger partial charge in [-0.25, -0.2) is 4.79 Å². The number of benzene rings is 3. The number of phenols is 2. The molecule has 0 radical (unpaired) electrons. The molecule has 2 aliphatic rings. The molecule has 42 heavy (non-hydrogen) atoms. The molecular weight excluding hydrogens is 532 g/mol. The quantitative estimate of drug-likeness (QED) is 0.340. The van der Waals surface area contributed by atoms with Crippen LogP contribution < -0.4 is 4.74 Å². The molecule has 0 saturated carbocycles. The summed E-state index contributed by atoms with van der Waals surface area (Å²) in [5.41, 5.74) is 4.96. The van der Waals surface area contributed by atoms with Crippen molar-refractivity contribution in [2.45, 2.75) is 39.4 Å². The zero-order valence-electron chi connectivity index (χ0n) is 23.8. The van der Waals surface area contributed by atoms with Crippen molar-refractivity contribution in [3.63, 3.8) is 0 Å². The number of pyridine rings is 1. The van der Waals surface area contributed by atoms with Crippen LogP contribution in [0.2, 0.25) is 0 Å². The molecule has 1 aromatic heterocycles. The third-order valence-corrected chi connectivity index (χ3v) is 8.12. The molecule has 0 bridgehead atoms. The molecule has 4 aromatic rings. The van der Waals surface area contributed by atoms with Gasteiger partial charge in [0.2, 0.25) is 0 Å². The first-order chi connectivity index (χ1) is 20.3. The number of fused-ring (bicyclic) bond motifs is 2. The van der Waals surface area contributed by atoms with Gasteiger partial charge in [0, 0.05) is 63.5 Å². The molecule has 1 fully saturated rings. The van der Waals surface area contributed by atoms with E-state index >= 15 is 0 Å². The minimum Gasteiger partial charge on any atom is -0.508 e. The Kier molecular flexibility index (Phi) is 7.43. The van der Waals surface area contributed by atoms with Crippen molar-refractivity contribution in [3.05, 3.63) is 94.7 Å². The normalized spacial score (nSPS) is 15.3. The number of phenolic OH excluding ortho intramolecular Hbond substituents is 2. The summed E-state index contributed by atoms with van der Waals surface area (Å²) in [7, 11) is 0. The smallest absolute Gasteiger partial charge is 0.415 e. The van der Waals surface area contributed by atoms with E-state index in [1.54, 1.807) is 28.1 Å². The topological polar surface area (TPSA) is 106 Å². The number of hydrogen-bond acceptors (Lipinski definition) is 7. The van der Waals surface area contributed by atoms with E-state index in [2.05, 4.69) is 28.1 Å². The van der Waals surface area contributed by atoms with Crippen LogP contribution in [-0.2, 0) is 19.6 Å². The zero-order valence-corrected chi connectivity index (χ0v) is 23.8. The number of hydrogen-bond donors (Lipinski definition) is 2. The van der Waals surface area contributed by atoms with E-state index in [-0.39, 0.29) is 35.0 Å². The van der Waals surface area contributed by atoms with Crippen LogP contribution in [0.3, 0.4) is 0 Å². The summed E-state index contributed by atoms with van der Waals surface area (Å²) in [6.45, 7) is 8.15. The molecule has 0 aliphatic carbocycles. The van der Waals surface area contributed by atoms with Crippen LogP contribution >= 0.6 is 0 Å². The van der Waals surface area contributed by atoms with Gasteiger partial charge in [-0.05, 0) is 52.4 Å². The fraction of sp³-hybridized carbons (Fsp3) is 0.303. The Bertz CT molecular complexity index is 1660. The summed E-state index contributed by atoms with van der Waals surface area (Å²) in [5.74, 6) is 0.0588. The fourth-order valence-electron chi connectivity index (χ4n) is 5.75. The summed E-state index contributed by atoms with van der Waals surface area (Å²) in [6.07, 6.45) is 1.29. The van der Waals surface area contributed by atoms with Crippen LogP contribution in [-0.4, -0.2) is 68.1 Å². The van der Waals surface area contributed by atoms with Crippen molar-refractivity contribution >= 4 is 22.9 Å². The molecule has 3 aromatic carbocycles. The lowest BCUT2D eigenvalue weighted by Gasteiger charge is -2.34. The number of aromatic hydroxyl groups is 2. The van der Waals surface area contributed by atoms with E-state index in [0.29, 0.717) is 37.5 Å². The number of aromatic nitrogens is 1. The van der Waals surface area contributed by atoms with Crippen LogP contribution in [0.5, 0.6) is 17.2 Å². The van der Waals surface area contributed by atoms with E-state index in [1.165, 1.54) is 6.07 Å². The number of para-hydroxylation sites is 1. The lowest BCUT2D eigenvalue weighted by atomic mass is 9.98. The second kappa shape index (κ2) is 11.3. The highest BCUT2D eigenvalue weighted by molar-refractivity contribution is 5.97. The Morgan fingerprint density at radius 1 is 0.881 bits per heavy atom. The van der Waals surface area contributed by atoms with E-state index in [9.17, 15) is 19.8 Å². The molecular formula is C33H34N4O5. The third-order valence-electron chi connectivity index (χ3n) is 8.12. The van der Waals surface area contributed by atoms with E-state index in [4.69, 9.17) is 4.74 Å². The molecule has 0 spiro atoms. The van der Waals surface area contributed by atoms with Crippen molar-refractivity contribution in [1.82, 2.24) is 19.7 Å². The maximum absolute atomic E-state index is 13.3. The molecule has 2 N–H and O–H groups in total. The number of ether oxygens (including phenoxy) is 1. The average Bonchev–Trinajstić information content (AvgIpc) is 3.41. The minimum atomic E-state index is -0.353. The number of amides is 2. The van der Waals surface area contributed by atoms with Gasteiger partial charge in [0.1, 0.15) is 17.2 Å². The van der Waals surface area contributed by atoms with Gasteiger partial charge in [-0.3, -0.25) is 14.7 Å². The molecule has 2 amide bonds. The lowest BCUT2D eigenvalue weighted by Crippen LogP contribution is -2.49. The number of piperazine rings is 1. The number of rotatable bonds is 5. The first kappa shape index (κ1) is 27.5. The summed E-state index contributed by atoms with van der Waals surface area (Å²) in [5, 5.41) is 21.4. The van der Waals surface area contributed by atoms with Crippen LogP contribution in [0.1, 0.15) is 52.4 Å². The predicted molar refractivity (Wildman–Crippen MR) is 158 cm³/mol. The molecule has 3 heterocycles. The average molecular weight is 567 g/mol. The molecule has 9 nitrogen and oxygen atoms in total. The van der Waals surface area contributed by atoms with Crippen molar-refractivity contribution in [2.75, 3.05) is 26.2 Å². The second-order valence-electron chi connectivity index (χ2n) is 11.3. The molecule has 0 unspecified atom stereocenters. The summed E-state index contributed by atoms with van der Waals surface area (Å²) >= 11 is 0. The minimum absolute atomic E-state index is 0.00603. The van der Waals surface area contributed by atoms with Crippen molar-refractivity contribution in [1.29, 1.82) is 0 Å². The maximum Gasteiger partial charge on any atom is 0.415 e. The van der Waals surface area contributed by atoms with E-state index in [0.717, 1.165) is 47.2 Å². The number of nitrogens with zero attached hydrogens (tertiary/aromatic N) is 4. The van der Waals surface area contributed by atoms with E-state index in [1.807, 2.05) is 38.1 Å². The Morgan fingerprint density at radius 2 is 1.64 bits per heavy atom. The highest BCUT2D eigenvalue weighted by atomic mass is 16.6. The fourth-order valence-corrected chi connectivity index (χ4v) is 5.75. The monoisotopic (exact) mass is 566 g/mol. The van der Waals surface area contributed by atoms with Gasteiger partial charge in [0.15, 0.2) is 0 Å². The summed E-state index contributed by atoms with van der Waals surface area (Å²) in [4.78, 5) is 36.3.